The molecule has 4 rings (SSSR count). The molecule has 1 aromatic carbocycles. The Kier molecular flexibility index (Phi) is 3.20. The van der Waals surface area contributed by atoms with Crippen molar-refractivity contribution in [1.82, 2.24) is 10.2 Å². The number of hydrogen-bond donors (Lipinski definition) is 1. The van der Waals surface area contributed by atoms with Gasteiger partial charge in [-0.15, -0.1) is 0 Å². The van der Waals surface area contributed by atoms with Crippen molar-refractivity contribution in [2.24, 2.45) is 5.92 Å². The minimum Gasteiger partial charge on any atom is -0.488 e. The molecule has 2 unspecified atom stereocenters. The van der Waals surface area contributed by atoms with Crippen LogP contribution >= 0.6 is 0 Å². The number of ether oxygens (including phenoxy) is 1. The average Bonchev–Trinajstić information content (AvgIpc) is 3.21. The fourth-order valence-electron chi connectivity index (χ4n) is 3.66. The molecule has 3 aliphatic rings. The Labute approximate surface area is 121 Å². The summed E-state index contributed by atoms with van der Waals surface area (Å²) in [5.41, 5.74) is 2.73. The third kappa shape index (κ3) is 2.57. The van der Waals surface area contributed by atoms with Gasteiger partial charge in [0, 0.05) is 38.6 Å². The van der Waals surface area contributed by atoms with E-state index < -0.39 is 0 Å². The van der Waals surface area contributed by atoms with Crippen molar-refractivity contribution in [1.29, 1.82) is 0 Å². The summed E-state index contributed by atoms with van der Waals surface area (Å²) < 4.78 is 6.11. The Morgan fingerprint density at radius 1 is 1.35 bits per heavy atom. The highest BCUT2D eigenvalue weighted by Gasteiger charge is 2.35. The molecule has 0 amide bonds. The predicted octanol–water partition coefficient (Wildman–Crippen LogP) is 1.98. The van der Waals surface area contributed by atoms with Crippen LogP contribution in [0.25, 0.3) is 0 Å². The maximum Gasteiger partial charge on any atom is 0.123 e. The normalized spacial score (nSPS) is 30.1. The Morgan fingerprint density at radius 2 is 2.25 bits per heavy atom. The quantitative estimate of drug-likeness (QED) is 0.910. The number of nitrogens with zero attached hydrogens (tertiary/aromatic N) is 1. The maximum absolute atomic E-state index is 6.11. The smallest absolute Gasteiger partial charge is 0.123 e. The molecule has 1 saturated heterocycles. The van der Waals surface area contributed by atoms with Crippen LogP contribution in [0, 0.1) is 12.8 Å². The fourth-order valence-corrected chi connectivity index (χ4v) is 3.66. The molecule has 2 atom stereocenters. The van der Waals surface area contributed by atoms with Gasteiger partial charge in [-0.1, -0.05) is 17.7 Å². The lowest BCUT2D eigenvalue weighted by atomic mass is 10.1. The molecule has 0 spiro atoms. The van der Waals surface area contributed by atoms with E-state index in [0.29, 0.717) is 6.10 Å². The summed E-state index contributed by atoms with van der Waals surface area (Å²) in [5, 5.41) is 3.68. The summed E-state index contributed by atoms with van der Waals surface area (Å²) in [6.07, 6.45) is 4.28. The van der Waals surface area contributed by atoms with E-state index in [2.05, 4.69) is 35.3 Å². The maximum atomic E-state index is 6.11. The van der Waals surface area contributed by atoms with Crippen LogP contribution in [-0.4, -0.2) is 43.2 Å². The van der Waals surface area contributed by atoms with Gasteiger partial charge in [0.15, 0.2) is 0 Å². The highest BCUT2D eigenvalue weighted by Crippen LogP contribution is 2.34. The van der Waals surface area contributed by atoms with Crippen molar-refractivity contribution in [2.75, 3.05) is 26.2 Å². The molecule has 2 fully saturated rings. The molecule has 2 heterocycles. The lowest BCUT2D eigenvalue weighted by Gasteiger charge is -2.35. The first-order chi connectivity index (χ1) is 9.78. The molecule has 0 bridgehead atoms. The summed E-state index contributed by atoms with van der Waals surface area (Å²) in [7, 11) is 0. The zero-order chi connectivity index (χ0) is 13.5. The predicted molar refractivity (Wildman–Crippen MR) is 80.3 cm³/mol. The summed E-state index contributed by atoms with van der Waals surface area (Å²) in [6, 6.07) is 7.29. The number of rotatable bonds is 3. The average molecular weight is 272 g/mol. The van der Waals surface area contributed by atoms with Crippen LogP contribution in [0.5, 0.6) is 5.75 Å². The van der Waals surface area contributed by atoms with Crippen molar-refractivity contribution in [3.63, 3.8) is 0 Å². The topological polar surface area (TPSA) is 24.5 Å². The van der Waals surface area contributed by atoms with E-state index in [-0.39, 0.29) is 0 Å². The number of benzene rings is 1. The van der Waals surface area contributed by atoms with Crippen LogP contribution in [0.15, 0.2) is 18.2 Å². The van der Waals surface area contributed by atoms with Crippen molar-refractivity contribution in [2.45, 2.75) is 38.3 Å². The molecule has 0 radical (unpaired) electrons. The SMILES string of the molecule is Cc1ccc2c(c1)CC(CN1CCNC(C3CC3)C1)O2. The first-order valence-corrected chi connectivity index (χ1v) is 8.00. The second-order valence-electron chi connectivity index (χ2n) is 6.71. The van der Waals surface area contributed by atoms with Gasteiger partial charge in [-0.25, -0.2) is 0 Å². The largest absolute Gasteiger partial charge is 0.488 e. The molecule has 3 nitrogen and oxygen atoms in total. The van der Waals surface area contributed by atoms with Crippen LogP contribution < -0.4 is 10.1 Å². The van der Waals surface area contributed by atoms with Crippen molar-refractivity contribution < 1.29 is 4.74 Å². The molecular formula is C17H24N2O. The van der Waals surface area contributed by atoms with Crippen LogP contribution in [0.2, 0.25) is 0 Å². The minimum atomic E-state index is 0.352. The summed E-state index contributed by atoms with van der Waals surface area (Å²) >= 11 is 0. The Bertz CT molecular complexity index is 498. The van der Waals surface area contributed by atoms with Gasteiger partial charge in [0.25, 0.3) is 0 Å². The molecule has 3 heteroatoms. The van der Waals surface area contributed by atoms with E-state index in [1.165, 1.54) is 37.1 Å². The molecule has 20 heavy (non-hydrogen) atoms. The van der Waals surface area contributed by atoms with Crippen LogP contribution in [0.4, 0.5) is 0 Å². The Morgan fingerprint density at radius 3 is 3.10 bits per heavy atom. The summed E-state index contributed by atoms with van der Waals surface area (Å²) in [6.45, 7) is 6.75. The number of piperazine rings is 1. The van der Waals surface area contributed by atoms with Gasteiger partial charge in [0.2, 0.25) is 0 Å². The highest BCUT2D eigenvalue weighted by atomic mass is 16.5. The molecule has 2 aliphatic heterocycles. The number of aryl methyl sites for hydroxylation is 1. The minimum absolute atomic E-state index is 0.352. The zero-order valence-corrected chi connectivity index (χ0v) is 12.3. The van der Waals surface area contributed by atoms with E-state index in [4.69, 9.17) is 4.74 Å². The van der Waals surface area contributed by atoms with Crippen LogP contribution in [-0.2, 0) is 6.42 Å². The molecule has 108 valence electrons. The van der Waals surface area contributed by atoms with Gasteiger partial charge < -0.3 is 10.1 Å². The monoisotopic (exact) mass is 272 g/mol. The molecule has 1 aliphatic carbocycles. The first kappa shape index (κ1) is 12.7. The van der Waals surface area contributed by atoms with Crippen molar-refractivity contribution >= 4 is 0 Å². The lowest BCUT2D eigenvalue weighted by Crippen LogP contribution is -2.53. The van der Waals surface area contributed by atoms with Gasteiger partial charge in [-0.3, -0.25) is 4.90 Å². The first-order valence-electron chi connectivity index (χ1n) is 8.00. The van der Waals surface area contributed by atoms with Crippen molar-refractivity contribution in [3.05, 3.63) is 29.3 Å². The van der Waals surface area contributed by atoms with Gasteiger partial charge in [0.1, 0.15) is 11.9 Å². The van der Waals surface area contributed by atoms with Gasteiger partial charge >= 0.3 is 0 Å². The molecule has 0 aromatic heterocycles. The van der Waals surface area contributed by atoms with Gasteiger partial charge in [-0.05, 0) is 37.3 Å². The third-order valence-corrected chi connectivity index (χ3v) is 4.90. The van der Waals surface area contributed by atoms with E-state index in [1.807, 2.05) is 0 Å². The number of hydrogen-bond acceptors (Lipinski definition) is 3. The summed E-state index contributed by atoms with van der Waals surface area (Å²) in [4.78, 5) is 2.60. The molecule has 1 aromatic rings. The molecular weight excluding hydrogens is 248 g/mol. The van der Waals surface area contributed by atoms with Gasteiger partial charge in [-0.2, -0.15) is 0 Å². The highest BCUT2D eigenvalue weighted by molar-refractivity contribution is 5.40. The lowest BCUT2D eigenvalue weighted by molar-refractivity contribution is 0.119. The standard InChI is InChI=1S/C17H24N2O/c1-12-2-5-17-14(8-12)9-15(20-17)10-19-7-6-18-16(11-19)13-3-4-13/h2,5,8,13,15-16,18H,3-4,6-7,9-11H2,1H3. The van der Waals surface area contributed by atoms with E-state index in [1.54, 1.807) is 0 Å². The molecule has 1 saturated carbocycles. The van der Waals surface area contributed by atoms with Crippen molar-refractivity contribution in [3.8, 4) is 5.75 Å². The van der Waals surface area contributed by atoms with E-state index in [0.717, 1.165) is 37.2 Å². The molecule has 1 N–H and O–H groups in total. The second kappa shape index (κ2) is 5.05. The Balaban J connectivity index is 1.36. The third-order valence-electron chi connectivity index (χ3n) is 4.90. The second-order valence-corrected chi connectivity index (χ2v) is 6.71. The van der Waals surface area contributed by atoms with Crippen LogP contribution in [0.3, 0.4) is 0 Å². The summed E-state index contributed by atoms with van der Waals surface area (Å²) in [5.74, 6) is 2.05. The van der Waals surface area contributed by atoms with E-state index >= 15 is 0 Å². The Hall–Kier alpha value is -1.06. The number of fused-ring (bicyclic) bond motifs is 1. The van der Waals surface area contributed by atoms with E-state index in [9.17, 15) is 0 Å². The van der Waals surface area contributed by atoms with Crippen LogP contribution in [0.1, 0.15) is 24.0 Å². The number of nitrogens with one attached hydrogen (secondary N) is 1. The zero-order valence-electron chi connectivity index (χ0n) is 12.3. The van der Waals surface area contributed by atoms with Gasteiger partial charge in [0.05, 0.1) is 0 Å². The fraction of sp³-hybridized carbons (Fsp3) is 0.647.